The second kappa shape index (κ2) is 10.5. The van der Waals surface area contributed by atoms with Gasteiger partial charge in [0.2, 0.25) is 5.91 Å². The van der Waals surface area contributed by atoms with Crippen molar-refractivity contribution in [1.82, 2.24) is 10.6 Å². The van der Waals surface area contributed by atoms with Gasteiger partial charge < -0.3 is 10.6 Å². The Balaban J connectivity index is 0.00000288. The zero-order chi connectivity index (χ0) is 16.7. The summed E-state index contributed by atoms with van der Waals surface area (Å²) < 4.78 is 38.3. The summed E-state index contributed by atoms with van der Waals surface area (Å²) in [6.07, 6.45) is 4.50. The van der Waals surface area contributed by atoms with Crippen LogP contribution >= 0.6 is 12.4 Å². The van der Waals surface area contributed by atoms with E-state index in [1.165, 1.54) is 38.5 Å². The van der Waals surface area contributed by atoms with Crippen molar-refractivity contribution >= 4 is 18.3 Å². The smallest absolute Gasteiger partial charge is 0.355 e. The molecule has 1 amide bonds. The van der Waals surface area contributed by atoms with E-state index < -0.39 is 18.0 Å². The average molecular weight is 371 g/mol. The normalized spacial score (nSPS) is 26.3. The number of carbonyl (C=O) groups is 1. The molecule has 2 N–H and O–H groups in total. The second-order valence-corrected chi connectivity index (χ2v) is 7.04. The van der Waals surface area contributed by atoms with Crippen LogP contribution in [0.4, 0.5) is 13.2 Å². The molecule has 2 fully saturated rings. The highest BCUT2D eigenvalue weighted by Crippen LogP contribution is 2.39. The van der Waals surface area contributed by atoms with Crippen LogP contribution in [-0.2, 0) is 4.79 Å². The zero-order valence-corrected chi connectivity index (χ0v) is 15.0. The Morgan fingerprint density at radius 3 is 2.21 bits per heavy atom. The zero-order valence-electron chi connectivity index (χ0n) is 14.2. The summed E-state index contributed by atoms with van der Waals surface area (Å²) in [4.78, 5) is 12.1. The Morgan fingerprint density at radius 2 is 1.58 bits per heavy atom. The molecule has 2 rings (SSSR count). The van der Waals surface area contributed by atoms with Crippen molar-refractivity contribution in [3.8, 4) is 0 Å². The quantitative estimate of drug-likeness (QED) is 0.562. The molecule has 0 bridgehead atoms. The molecule has 2 saturated carbocycles. The second-order valence-electron chi connectivity index (χ2n) is 7.04. The lowest BCUT2D eigenvalue weighted by Gasteiger charge is -2.29. The monoisotopic (exact) mass is 370 g/mol. The minimum atomic E-state index is -4.17. The Morgan fingerprint density at radius 1 is 0.917 bits per heavy atom. The summed E-state index contributed by atoms with van der Waals surface area (Å²) >= 11 is 0. The summed E-state index contributed by atoms with van der Waals surface area (Å²) in [5.41, 5.74) is 0. The standard InChI is InChI=1S/C17H29F3N2O.ClH/c18-17(19,20)14-7-5-6-13(12-14)16(23)22-11-10-21-15-8-3-1-2-4-9-15;/h13-15,21H,1-12H2,(H,22,23);1H. The van der Waals surface area contributed by atoms with E-state index in [2.05, 4.69) is 10.6 Å². The van der Waals surface area contributed by atoms with Crippen LogP contribution in [0.1, 0.15) is 64.2 Å². The number of carbonyl (C=O) groups excluding carboxylic acids is 1. The van der Waals surface area contributed by atoms with E-state index in [-0.39, 0.29) is 31.2 Å². The van der Waals surface area contributed by atoms with Gasteiger partial charge in [0.15, 0.2) is 0 Å². The van der Waals surface area contributed by atoms with E-state index in [0.29, 0.717) is 32.0 Å². The molecule has 0 aromatic rings. The molecule has 0 radical (unpaired) electrons. The number of nitrogens with one attached hydrogen (secondary N) is 2. The van der Waals surface area contributed by atoms with Crippen molar-refractivity contribution in [2.75, 3.05) is 13.1 Å². The summed E-state index contributed by atoms with van der Waals surface area (Å²) in [5, 5.41) is 6.27. The number of hydrogen-bond donors (Lipinski definition) is 2. The highest BCUT2D eigenvalue weighted by Gasteiger charge is 2.43. The maximum atomic E-state index is 12.8. The third-order valence-electron chi connectivity index (χ3n) is 5.22. The van der Waals surface area contributed by atoms with Gasteiger partial charge in [0.1, 0.15) is 0 Å². The molecular weight excluding hydrogens is 341 g/mol. The molecule has 0 heterocycles. The maximum Gasteiger partial charge on any atom is 0.391 e. The third kappa shape index (κ3) is 7.18. The van der Waals surface area contributed by atoms with Gasteiger partial charge in [-0.15, -0.1) is 12.4 Å². The fraction of sp³-hybridized carbons (Fsp3) is 0.941. The van der Waals surface area contributed by atoms with E-state index in [1.807, 2.05) is 0 Å². The number of alkyl halides is 3. The molecule has 24 heavy (non-hydrogen) atoms. The van der Waals surface area contributed by atoms with E-state index in [0.717, 1.165) is 0 Å². The van der Waals surface area contributed by atoms with E-state index in [1.54, 1.807) is 0 Å². The molecule has 142 valence electrons. The topological polar surface area (TPSA) is 41.1 Å². The Kier molecular flexibility index (Phi) is 9.42. The van der Waals surface area contributed by atoms with Crippen LogP contribution < -0.4 is 10.6 Å². The highest BCUT2D eigenvalue weighted by molar-refractivity contribution is 5.85. The van der Waals surface area contributed by atoms with Crippen LogP contribution in [-0.4, -0.2) is 31.2 Å². The average Bonchev–Trinajstić information content (AvgIpc) is 2.79. The molecule has 2 aliphatic rings. The Labute approximate surface area is 148 Å². The number of hydrogen-bond acceptors (Lipinski definition) is 2. The number of halogens is 4. The largest absolute Gasteiger partial charge is 0.391 e. The molecule has 2 aliphatic carbocycles. The van der Waals surface area contributed by atoms with Gasteiger partial charge in [-0.3, -0.25) is 4.79 Å². The highest BCUT2D eigenvalue weighted by atomic mass is 35.5. The van der Waals surface area contributed by atoms with Crippen molar-refractivity contribution in [3.63, 3.8) is 0 Å². The predicted molar refractivity (Wildman–Crippen MR) is 91.3 cm³/mol. The van der Waals surface area contributed by atoms with Gasteiger partial charge >= 0.3 is 6.18 Å². The van der Waals surface area contributed by atoms with Gasteiger partial charge in [0.25, 0.3) is 0 Å². The SMILES string of the molecule is Cl.O=C(NCCNC1CCCCCC1)C1CCCC(C(F)(F)F)C1. The first-order valence-corrected chi connectivity index (χ1v) is 9.04. The number of rotatable bonds is 5. The molecule has 2 atom stereocenters. The summed E-state index contributed by atoms with van der Waals surface area (Å²) in [6.45, 7) is 1.20. The summed E-state index contributed by atoms with van der Waals surface area (Å²) in [7, 11) is 0. The van der Waals surface area contributed by atoms with Crippen LogP contribution in [0.25, 0.3) is 0 Å². The lowest BCUT2D eigenvalue weighted by molar-refractivity contribution is -0.186. The third-order valence-corrected chi connectivity index (χ3v) is 5.22. The molecule has 0 spiro atoms. The van der Waals surface area contributed by atoms with Gasteiger partial charge in [-0.1, -0.05) is 32.1 Å². The van der Waals surface area contributed by atoms with Crippen molar-refractivity contribution in [3.05, 3.63) is 0 Å². The van der Waals surface area contributed by atoms with Gasteiger partial charge in [0, 0.05) is 25.0 Å². The molecular formula is C17H30ClF3N2O. The van der Waals surface area contributed by atoms with E-state index >= 15 is 0 Å². The van der Waals surface area contributed by atoms with E-state index in [9.17, 15) is 18.0 Å². The lowest BCUT2D eigenvalue weighted by atomic mass is 9.80. The molecule has 0 aliphatic heterocycles. The number of amides is 1. The lowest BCUT2D eigenvalue weighted by Crippen LogP contribution is -2.41. The fourth-order valence-electron chi connectivity index (χ4n) is 3.82. The predicted octanol–water partition coefficient (Wildman–Crippen LogP) is 4.21. The minimum absolute atomic E-state index is 0. The first-order chi connectivity index (χ1) is 11.0. The maximum absolute atomic E-state index is 12.8. The summed E-state index contributed by atoms with van der Waals surface area (Å²) in [6, 6.07) is 0.527. The molecule has 7 heteroatoms. The van der Waals surface area contributed by atoms with Gasteiger partial charge in [-0.05, 0) is 32.1 Å². The molecule has 0 aromatic carbocycles. The van der Waals surface area contributed by atoms with Crippen molar-refractivity contribution < 1.29 is 18.0 Å². The van der Waals surface area contributed by atoms with Crippen LogP contribution in [0.3, 0.4) is 0 Å². The van der Waals surface area contributed by atoms with Crippen LogP contribution in [0.2, 0.25) is 0 Å². The van der Waals surface area contributed by atoms with Gasteiger partial charge in [-0.25, -0.2) is 0 Å². The van der Waals surface area contributed by atoms with Crippen molar-refractivity contribution in [2.24, 2.45) is 11.8 Å². The van der Waals surface area contributed by atoms with Crippen molar-refractivity contribution in [1.29, 1.82) is 0 Å². The molecule has 2 unspecified atom stereocenters. The first-order valence-electron chi connectivity index (χ1n) is 9.04. The van der Waals surface area contributed by atoms with Crippen LogP contribution in [0.5, 0.6) is 0 Å². The minimum Gasteiger partial charge on any atom is -0.355 e. The van der Waals surface area contributed by atoms with Crippen LogP contribution in [0.15, 0.2) is 0 Å². The first kappa shape index (κ1) is 21.6. The van der Waals surface area contributed by atoms with Gasteiger partial charge in [0.05, 0.1) is 5.92 Å². The fourth-order valence-corrected chi connectivity index (χ4v) is 3.82. The van der Waals surface area contributed by atoms with E-state index in [4.69, 9.17) is 0 Å². The van der Waals surface area contributed by atoms with Crippen molar-refractivity contribution in [2.45, 2.75) is 76.4 Å². The molecule has 0 aromatic heterocycles. The summed E-state index contributed by atoms with van der Waals surface area (Å²) in [5.74, 6) is -1.99. The Bertz CT molecular complexity index is 371. The van der Waals surface area contributed by atoms with Gasteiger partial charge in [-0.2, -0.15) is 13.2 Å². The molecule has 0 saturated heterocycles. The Hall–Kier alpha value is -0.490. The van der Waals surface area contributed by atoms with Crippen LogP contribution in [0, 0.1) is 11.8 Å². The molecule has 3 nitrogen and oxygen atoms in total.